The zero-order valence-corrected chi connectivity index (χ0v) is 20.4. The minimum Gasteiger partial charge on any atom is -0.497 e. The molecule has 3 atom stereocenters. The molecule has 1 heterocycles. The van der Waals surface area contributed by atoms with Gasteiger partial charge in [0.25, 0.3) is 5.91 Å². The second kappa shape index (κ2) is 9.78. The molecule has 2 fully saturated rings. The summed E-state index contributed by atoms with van der Waals surface area (Å²) in [7, 11) is 3.26. The summed E-state index contributed by atoms with van der Waals surface area (Å²) in [6, 6.07) is 19.3. The Morgan fingerprint density at radius 1 is 0.971 bits per heavy atom. The number of rotatable bonds is 6. The summed E-state index contributed by atoms with van der Waals surface area (Å²) < 4.78 is 17.2. The third-order valence-corrected chi connectivity index (χ3v) is 7.73. The first kappa shape index (κ1) is 23.5. The van der Waals surface area contributed by atoms with Gasteiger partial charge in [-0.1, -0.05) is 43.2 Å². The van der Waals surface area contributed by atoms with Gasteiger partial charge in [-0.3, -0.25) is 4.79 Å². The Labute approximate surface area is 206 Å². The van der Waals surface area contributed by atoms with Crippen LogP contribution in [0.1, 0.15) is 43.7 Å². The van der Waals surface area contributed by atoms with Crippen LogP contribution in [-0.4, -0.2) is 48.9 Å². The molecule has 0 spiro atoms. The van der Waals surface area contributed by atoms with Crippen molar-refractivity contribution in [1.82, 2.24) is 4.90 Å². The summed E-state index contributed by atoms with van der Waals surface area (Å²) in [5.74, 6) is 1.89. The van der Waals surface area contributed by atoms with Crippen molar-refractivity contribution in [2.24, 2.45) is 5.92 Å². The maximum Gasteiger partial charge on any atom is 0.261 e. The summed E-state index contributed by atoms with van der Waals surface area (Å²) in [5.41, 5.74) is 0.0865. The van der Waals surface area contributed by atoms with Crippen LogP contribution in [-0.2, 0) is 4.79 Å². The largest absolute Gasteiger partial charge is 0.497 e. The van der Waals surface area contributed by atoms with E-state index in [0.717, 1.165) is 42.0 Å². The Hall–Kier alpha value is -3.25. The zero-order chi connectivity index (χ0) is 24.4. The van der Waals surface area contributed by atoms with Crippen molar-refractivity contribution < 1.29 is 24.1 Å². The van der Waals surface area contributed by atoms with Gasteiger partial charge in [-0.15, -0.1) is 0 Å². The van der Waals surface area contributed by atoms with Gasteiger partial charge in [-0.2, -0.15) is 0 Å². The van der Waals surface area contributed by atoms with Gasteiger partial charge in [0, 0.05) is 18.0 Å². The summed E-state index contributed by atoms with van der Waals surface area (Å²) in [6.07, 6.45) is 4.23. The van der Waals surface area contributed by atoms with E-state index in [1.54, 1.807) is 14.2 Å². The summed E-state index contributed by atoms with van der Waals surface area (Å²) in [6.45, 7) is 0.407. The molecule has 0 radical (unpaired) electrons. The van der Waals surface area contributed by atoms with Crippen molar-refractivity contribution in [3.8, 4) is 17.2 Å². The highest BCUT2D eigenvalue weighted by molar-refractivity contribution is 5.84. The smallest absolute Gasteiger partial charge is 0.261 e. The third kappa shape index (κ3) is 4.55. The first-order chi connectivity index (χ1) is 17.0. The van der Waals surface area contributed by atoms with E-state index in [1.165, 1.54) is 0 Å². The Bertz CT molecular complexity index is 1210. The third-order valence-electron chi connectivity index (χ3n) is 7.73. The number of amides is 1. The maximum absolute atomic E-state index is 13.6. The Morgan fingerprint density at radius 2 is 1.77 bits per heavy atom. The lowest BCUT2D eigenvalue weighted by atomic mass is 9.66. The highest BCUT2D eigenvalue weighted by atomic mass is 16.5. The van der Waals surface area contributed by atoms with Crippen LogP contribution in [0.25, 0.3) is 10.8 Å². The molecule has 1 saturated carbocycles. The number of likely N-dealkylation sites (tertiary alicyclic amines) is 1. The van der Waals surface area contributed by atoms with Crippen molar-refractivity contribution in [2.75, 3.05) is 27.4 Å². The molecular formula is C29H33NO5. The van der Waals surface area contributed by atoms with E-state index in [0.29, 0.717) is 30.2 Å². The SMILES string of the molecule is COc1ccc(OC)c([C@@H]2[C@@H]3CCCC[C@@]3(O)CCN2C(=O)COc2ccc3ccccc3c2)c1. The molecule has 1 aliphatic heterocycles. The molecule has 1 saturated heterocycles. The van der Waals surface area contributed by atoms with Crippen molar-refractivity contribution in [1.29, 1.82) is 0 Å². The van der Waals surface area contributed by atoms with Gasteiger partial charge < -0.3 is 24.2 Å². The lowest BCUT2D eigenvalue weighted by molar-refractivity contribution is -0.157. The average Bonchev–Trinajstić information content (AvgIpc) is 2.90. The number of aliphatic hydroxyl groups is 1. The normalized spacial score (nSPS) is 24.0. The number of carbonyl (C=O) groups excluding carboxylic acids is 1. The van der Waals surface area contributed by atoms with Crippen LogP contribution in [0, 0.1) is 5.92 Å². The lowest BCUT2D eigenvalue weighted by Gasteiger charge is -2.52. The van der Waals surface area contributed by atoms with E-state index >= 15 is 0 Å². The molecule has 35 heavy (non-hydrogen) atoms. The molecule has 1 amide bonds. The fourth-order valence-electron chi connectivity index (χ4n) is 5.90. The molecular weight excluding hydrogens is 442 g/mol. The van der Waals surface area contributed by atoms with Crippen LogP contribution in [0.5, 0.6) is 17.2 Å². The van der Waals surface area contributed by atoms with Crippen LogP contribution in [0.4, 0.5) is 0 Å². The Morgan fingerprint density at radius 3 is 2.57 bits per heavy atom. The molecule has 1 N–H and O–H groups in total. The second-order valence-electron chi connectivity index (χ2n) is 9.64. The van der Waals surface area contributed by atoms with Crippen LogP contribution in [0.15, 0.2) is 60.7 Å². The fraction of sp³-hybridized carbons (Fsp3) is 0.414. The maximum atomic E-state index is 13.6. The predicted octanol–water partition coefficient (Wildman–Crippen LogP) is 5.13. The first-order valence-electron chi connectivity index (χ1n) is 12.4. The second-order valence-corrected chi connectivity index (χ2v) is 9.64. The van der Waals surface area contributed by atoms with Crippen LogP contribution >= 0.6 is 0 Å². The van der Waals surface area contributed by atoms with Gasteiger partial charge in [0.15, 0.2) is 6.61 Å². The number of hydrogen-bond acceptors (Lipinski definition) is 5. The standard InChI is InChI=1S/C29H33NO5/c1-33-22-12-13-26(34-2)24(18-22)28-25-9-5-6-14-29(25,32)15-16-30(28)27(31)19-35-23-11-10-20-7-3-4-8-21(20)17-23/h3-4,7-8,10-13,17-18,25,28,32H,5-6,9,14-16,19H2,1-2H3/t25-,28+,29+/m0/s1. The quantitative estimate of drug-likeness (QED) is 0.535. The number of fused-ring (bicyclic) bond motifs is 2. The van der Waals surface area contributed by atoms with E-state index < -0.39 is 5.60 Å². The molecule has 3 aromatic rings. The highest BCUT2D eigenvalue weighted by Crippen LogP contribution is 2.51. The van der Waals surface area contributed by atoms with Crippen molar-refractivity contribution in [3.63, 3.8) is 0 Å². The minimum absolute atomic E-state index is 0.0632. The zero-order valence-electron chi connectivity index (χ0n) is 20.4. The molecule has 0 unspecified atom stereocenters. The van der Waals surface area contributed by atoms with Crippen LogP contribution < -0.4 is 14.2 Å². The van der Waals surface area contributed by atoms with E-state index in [4.69, 9.17) is 14.2 Å². The van der Waals surface area contributed by atoms with E-state index in [9.17, 15) is 9.90 Å². The molecule has 2 aliphatic rings. The van der Waals surface area contributed by atoms with Gasteiger partial charge in [-0.25, -0.2) is 0 Å². The van der Waals surface area contributed by atoms with Crippen LogP contribution in [0.3, 0.4) is 0 Å². The highest BCUT2D eigenvalue weighted by Gasteiger charge is 2.51. The number of nitrogens with zero attached hydrogens (tertiary/aromatic N) is 1. The molecule has 6 nitrogen and oxygen atoms in total. The van der Waals surface area contributed by atoms with Crippen molar-refractivity contribution >= 4 is 16.7 Å². The molecule has 1 aliphatic carbocycles. The molecule has 0 aromatic heterocycles. The van der Waals surface area contributed by atoms with E-state index in [2.05, 4.69) is 6.07 Å². The number of carbonyl (C=O) groups is 1. The minimum atomic E-state index is -0.785. The molecule has 5 rings (SSSR count). The van der Waals surface area contributed by atoms with Gasteiger partial charge in [0.1, 0.15) is 17.2 Å². The van der Waals surface area contributed by atoms with Gasteiger partial charge >= 0.3 is 0 Å². The summed E-state index contributed by atoms with van der Waals surface area (Å²) >= 11 is 0. The molecule has 6 heteroatoms. The summed E-state index contributed by atoms with van der Waals surface area (Å²) in [5, 5.41) is 13.8. The monoisotopic (exact) mass is 475 g/mol. The number of piperidine rings is 1. The number of benzene rings is 3. The fourth-order valence-corrected chi connectivity index (χ4v) is 5.90. The van der Waals surface area contributed by atoms with Crippen molar-refractivity contribution in [2.45, 2.75) is 43.7 Å². The molecule has 184 valence electrons. The number of methoxy groups -OCH3 is 2. The van der Waals surface area contributed by atoms with Crippen molar-refractivity contribution in [3.05, 3.63) is 66.2 Å². The summed E-state index contributed by atoms with van der Waals surface area (Å²) in [4.78, 5) is 15.5. The molecule has 3 aromatic carbocycles. The Balaban J connectivity index is 1.44. The van der Waals surface area contributed by atoms with Crippen LogP contribution in [0.2, 0.25) is 0 Å². The van der Waals surface area contributed by atoms with Gasteiger partial charge in [-0.05, 0) is 60.4 Å². The lowest BCUT2D eigenvalue weighted by Crippen LogP contribution is -2.57. The van der Waals surface area contributed by atoms with Gasteiger partial charge in [0.05, 0.1) is 25.9 Å². The predicted molar refractivity (Wildman–Crippen MR) is 135 cm³/mol. The van der Waals surface area contributed by atoms with Gasteiger partial charge in [0.2, 0.25) is 0 Å². The van der Waals surface area contributed by atoms with E-state index in [1.807, 2.05) is 59.5 Å². The number of hydrogen-bond donors (Lipinski definition) is 1. The topological polar surface area (TPSA) is 68.2 Å². The first-order valence-corrected chi connectivity index (χ1v) is 12.4. The number of ether oxygens (including phenoxy) is 3. The Kier molecular flexibility index (Phi) is 6.56. The molecule has 0 bridgehead atoms. The average molecular weight is 476 g/mol. The van der Waals surface area contributed by atoms with E-state index in [-0.39, 0.29) is 24.5 Å².